The van der Waals surface area contributed by atoms with Crippen molar-refractivity contribution in [3.05, 3.63) is 46.7 Å². The van der Waals surface area contributed by atoms with Crippen LogP contribution in [-0.4, -0.2) is 39.9 Å². The van der Waals surface area contributed by atoms with Crippen molar-refractivity contribution in [2.45, 2.75) is 37.8 Å². The second-order valence-corrected chi connectivity index (χ2v) is 8.82. The third-order valence-electron chi connectivity index (χ3n) is 5.82. The summed E-state index contributed by atoms with van der Waals surface area (Å²) in [6, 6.07) is 6.20. The highest BCUT2D eigenvalue weighted by Crippen LogP contribution is 2.33. The predicted molar refractivity (Wildman–Crippen MR) is 118 cm³/mol. The van der Waals surface area contributed by atoms with Gasteiger partial charge in [-0.05, 0) is 43.0 Å². The summed E-state index contributed by atoms with van der Waals surface area (Å²) in [5, 5.41) is 9.90. The van der Waals surface area contributed by atoms with Gasteiger partial charge in [-0.15, -0.1) is 11.3 Å². The van der Waals surface area contributed by atoms with Gasteiger partial charge in [0.25, 0.3) is 5.91 Å². The van der Waals surface area contributed by atoms with Gasteiger partial charge in [-0.25, -0.2) is 4.98 Å². The molecule has 2 aliphatic heterocycles. The second-order valence-electron chi connectivity index (χ2n) is 7.97. The van der Waals surface area contributed by atoms with Gasteiger partial charge in [0.2, 0.25) is 0 Å². The first-order valence-electron chi connectivity index (χ1n) is 10.5. The number of aromatic nitrogens is 3. The summed E-state index contributed by atoms with van der Waals surface area (Å²) in [4.78, 5) is 17.5. The maximum Gasteiger partial charge on any atom is 0.275 e. The zero-order valence-electron chi connectivity index (χ0n) is 17.3. The molecular weight excluding hydrogens is 414 g/mol. The quantitative estimate of drug-likeness (QED) is 0.646. The van der Waals surface area contributed by atoms with Crippen molar-refractivity contribution < 1.29 is 14.3 Å². The van der Waals surface area contributed by atoms with E-state index in [1.807, 2.05) is 19.2 Å². The first kappa shape index (κ1) is 20.2. The maximum absolute atomic E-state index is 12.9. The Morgan fingerprint density at radius 2 is 2.19 bits per heavy atom. The lowest BCUT2D eigenvalue weighted by molar-refractivity contribution is 0.0529. The highest BCUT2D eigenvalue weighted by Gasteiger charge is 2.26. The minimum absolute atomic E-state index is 0.143. The smallest absolute Gasteiger partial charge is 0.275 e. The fourth-order valence-corrected chi connectivity index (χ4v) is 4.91. The first-order chi connectivity index (χ1) is 15.1. The molecule has 2 aromatic heterocycles. The van der Waals surface area contributed by atoms with Gasteiger partial charge in [-0.1, -0.05) is 0 Å². The molecule has 9 heteroatoms. The number of aryl methyl sites for hydroxylation is 1. The molecule has 1 fully saturated rings. The van der Waals surface area contributed by atoms with Gasteiger partial charge in [0.05, 0.1) is 24.2 Å². The van der Waals surface area contributed by atoms with Gasteiger partial charge in [-0.3, -0.25) is 9.48 Å². The molecule has 3 N–H and O–H groups in total. The Morgan fingerprint density at radius 3 is 3.10 bits per heavy atom. The van der Waals surface area contributed by atoms with Crippen LogP contribution in [0, 0.1) is 0 Å². The van der Waals surface area contributed by atoms with E-state index < -0.39 is 0 Å². The molecule has 1 saturated heterocycles. The van der Waals surface area contributed by atoms with E-state index >= 15 is 0 Å². The van der Waals surface area contributed by atoms with E-state index in [0.717, 1.165) is 47.7 Å². The molecule has 3 aromatic rings. The van der Waals surface area contributed by atoms with Crippen molar-refractivity contribution in [1.29, 1.82) is 0 Å². The van der Waals surface area contributed by atoms with Gasteiger partial charge < -0.3 is 20.5 Å². The molecule has 2 aliphatic rings. The van der Waals surface area contributed by atoms with Crippen LogP contribution in [0.2, 0.25) is 0 Å². The standard InChI is InChI=1S/C22H25N5O3S/c1-27-20(19-5-3-15(23)7-9-30-19)16(11-24-27)25-21(28)17-12-31-22(26-17)14-2-4-18-13(10-14)6-8-29-18/h2,4,10-12,15,19H,3,5-9,23H2,1H3,(H,25,28)/t15-,19+/m1/s1. The van der Waals surface area contributed by atoms with Gasteiger partial charge in [0.15, 0.2) is 0 Å². The van der Waals surface area contributed by atoms with Crippen LogP contribution in [0.3, 0.4) is 0 Å². The van der Waals surface area contributed by atoms with Gasteiger partial charge in [0, 0.05) is 37.1 Å². The first-order valence-corrected chi connectivity index (χ1v) is 11.4. The molecule has 1 aromatic carbocycles. The number of carbonyl (C=O) groups excluding carboxylic acids is 1. The fraction of sp³-hybridized carbons (Fsp3) is 0.409. The third kappa shape index (κ3) is 4.08. The van der Waals surface area contributed by atoms with Crippen LogP contribution in [-0.2, 0) is 18.2 Å². The summed E-state index contributed by atoms with van der Waals surface area (Å²) in [6.45, 7) is 1.32. The number of thiazole rings is 1. The maximum atomic E-state index is 12.9. The van der Waals surface area contributed by atoms with Crippen LogP contribution in [0.4, 0.5) is 5.69 Å². The monoisotopic (exact) mass is 439 g/mol. The second kappa shape index (κ2) is 8.41. The molecule has 4 heterocycles. The molecule has 8 nitrogen and oxygen atoms in total. The molecule has 1 amide bonds. The number of ether oxygens (including phenoxy) is 2. The Bertz CT molecular complexity index is 1110. The summed E-state index contributed by atoms with van der Waals surface area (Å²) in [7, 11) is 1.86. The van der Waals surface area contributed by atoms with Crippen molar-refractivity contribution in [2.24, 2.45) is 12.8 Å². The number of nitrogens with two attached hydrogens (primary N) is 1. The fourth-order valence-electron chi connectivity index (χ4n) is 4.11. The minimum atomic E-state index is -0.258. The van der Waals surface area contributed by atoms with Crippen LogP contribution in [0.15, 0.2) is 29.8 Å². The Morgan fingerprint density at radius 1 is 1.29 bits per heavy atom. The Balaban J connectivity index is 1.33. The minimum Gasteiger partial charge on any atom is -0.493 e. The molecule has 5 rings (SSSR count). The van der Waals surface area contributed by atoms with Crippen molar-refractivity contribution >= 4 is 22.9 Å². The van der Waals surface area contributed by atoms with E-state index in [0.29, 0.717) is 24.6 Å². The number of hydrogen-bond acceptors (Lipinski definition) is 7. The summed E-state index contributed by atoms with van der Waals surface area (Å²) in [5.41, 5.74) is 10.2. The van der Waals surface area contributed by atoms with Gasteiger partial charge in [0.1, 0.15) is 22.6 Å². The SMILES string of the molecule is Cn1ncc(NC(=O)c2csc(-c3ccc4c(c3)CCO4)n2)c1[C@@H]1CC[C@@H](N)CCO1. The van der Waals surface area contributed by atoms with Crippen molar-refractivity contribution in [3.63, 3.8) is 0 Å². The van der Waals surface area contributed by atoms with Crippen molar-refractivity contribution in [2.75, 3.05) is 18.5 Å². The topological polar surface area (TPSA) is 104 Å². The predicted octanol–water partition coefficient (Wildman–Crippen LogP) is 3.30. The van der Waals surface area contributed by atoms with E-state index in [9.17, 15) is 4.79 Å². The lowest BCUT2D eigenvalue weighted by atomic mass is 10.1. The van der Waals surface area contributed by atoms with E-state index in [1.165, 1.54) is 16.9 Å². The summed E-state index contributed by atoms with van der Waals surface area (Å²) in [6.07, 6.45) is 4.94. The zero-order valence-corrected chi connectivity index (χ0v) is 18.2. The number of carbonyl (C=O) groups is 1. The van der Waals surface area contributed by atoms with Crippen molar-refractivity contribution in [1.82, 2.24) is 14.8 Å². The van der Waals surface area contributed by atoms with Gasteiger partial charge >= 0.3 is 0 Å². The average molecular weight is 440 g/mol. The molecule has 31 heavy (non-hydrogen) atoms. The molecule has 0 spiro atoms. The normalized spacial score (nSPS) is 20.7. The molecule has 0 radical (unpaired) electrons. The number of nitrogens with zero attached hydrogens (tertiary/aromatic N) is 3. The molecule has 0 unspecified atom stereocenters. The zero-order chi connectivity index (χ0) is 21.4. The highest BCUT2D eigenvalue weighted by molar-refractivity contribution is 7.13. The number of benzene rings is 1. The molecule has 0 bridgehead atoms. The molecular formula is C22H25N5O3S. The Hall–Kier alpha value is -2.75. The Kier molecular flexibility index (Phi) is 5.47. The van der Waals surface area contributed by atoms with Crippen LogP contribution >= 0.6 is 11.3 Å². The lowest BCUT2D eigenvalue weighted by Gasteiger charge is -2.17. The van der Waals surface area contributed by atoms with E-state index in [1.54, 1.807) is 16.3 Å². The Labute approximate surface area is 184 Å². The molecule has 0 aliphatic carbocycles. The number of amides is 1. The van der Waals surface area contributed by atoms with Crippen molar-refractivity contribution in [3.8, 4) is 16.3 Å². The third-order valence-corrected chi connectivity index (χ3v) is 6.71. The largest absolute Gasteiger partial charge is 0.493 e. The summed E-state index contributed by atoms with van der Waals surface area (Å²) in [5.74, 6) is 0.677. The van der Waals surface area contributed by atoms with Crippen LogP contribution in [0.5, 0.6) is 5.75 Å². The highest BCUT2D eigenvalue weighted by atomic mass is 32.1. The number of hydrogen-bond donors (Lipinski definition) is 2. The number of fused-ring (bicyclic) bond motifs is 1. The number of rotatable bonds is 4. The van der Waals surface area contributed by atoms with Crippen LogP contribution < -0.4 is 15.8 Å². The molecule has 2 atom stereocenters. The number of anilines is 1. The van der Waals surface area contributed by atoms with E-state index in [2.05, 4.69) is 21.5 Å². The van der Waals surface area contributed by atoms with E-state index in [4.69, 9.17) is 15.2 Å². The lowest BCUT2D eigenvalue weighted by Crippen LogP contribution is -2.19. The van der Waals surface area contributed by atoms with Gasteiger partial charge in [-0.2, -0.15) is 5.10 Å². The van der Waals surface area contributed by atoms with Crippen LogP contribution in [0.1, 0.15) is 47.1 Å². The summed E-state index contributed by atoms with van der Waals surface area (Å²) >= 11 is 1.46. The molecule has 0 saturated carbocycles. The van der Waals surface area contributed by atoms with E-state index in [-0.39, 0.29) is 18.1 Å². The number of nitrogens with one attached hydrogen (secondary N) is 1. The average Bonchev–Trinajstić information content (AvgIpc) is 3.47. The molecule has 162 valence electrons. The summed E-state index contributed by atoms with van der Waals surface area (Å²) < 4.78 is 13.3. The van der Waals surface area contributed by atoms with Crippen LogP contribution in [0.25, 0.3) is 10.6 Å².